The van der Waals surface area contributed by atoms with E-state index in [9.17, 15) is 4.79 Å². The standard InChI is InChI=1S/C9H10ClN3O2/c1-2-15-8(14)4-3-6-5-7(10)13-9(11)12-6/h3-5H,2H2,1H3,(H2,11,12,13)/b4-3+. The molecular weight excluding hydrogens is 218 g/mol. The summed E-state index contributed by atoms with van der Waals surface area (Å²) in [6.45, 7) is 2.06. The molecule has 0 saturated heterocycles. The van der Waals surface area contributed by atoms with E-state index in [0.717, 1.165) is 0 Å². The lowest BCUT2D eigenvalue weighted by atomic mass is 10.3. The second-order valence-electron chi connectivity index (χ2n) is 2.56. The van der Waals surface area contributed by atoms with Crippen molar-refractivity contribution in [3.63, 3.8) is 0 Å². The van der Waals surface area contributed by atoms with Crippen LogP contribution in [0.15, 0.2) is 12.1 Å². The Kier molecular flexibility index (Phi) is 4.05. The van der Waals surface area contributed by atoms with E-state index in [1.807, 2.05) is 0 Å². The monoisotopic (exact) mass is 227 g/mol. The Morgan fingerprint density at radius 2 is 2.40 bits per heavy atom. The van der Waals surface area contributed by atoms with Crippen LogP contribution in [0.1, 0.15) is 12.6 Å². The number of ether oxygens (including phenoxy) is 1. The zero-order valence-corrected chi connectivity index (χ0v) is 8.86. The molecule has 5 nitrogen and oxygen atoms in total. The molecule has 0 aliphatic heterocycles. The van der Waals surface area contributed by atoms with Gasteiger partial charge < -0.3 is 10.5 Å². The van der Waals surface area contributed by atoms with Crippen molar-refractivity contribution in [2.75, 3.05) is 12.3 Å². The first-order valence-corrected chi connectivity index (χ1v) is 4.64. The molecule has 0 unspecified atom stereocenters. The van der Waals surface area contributed by atoms with Crippen LogP contribution in [0, 0.1) is 0 Å². The fourth-order valence-electron chi connectivity index (χ4n) is 0.882. The molecule has 0 fully saturated rings. The number of esters is 1. The van der Waals surface area contributed by atoms with Gasteiger partial charge in [0.2, 0.25) is 5.95 Å². The van der Waals surface area contributed by atoms with Gasteiger partial charge in [0.05, 0.1) is 12.3 Å². The summed E-state index contributed by atoms with van der Waals surface area (Å²) in [5.41, 5.74) is 5.83. The predicted octanol–water partition coefficient (Wildman–Crippen LogP) is 1.29. The van der Waals surface area contributed by atoms with E-state index in [4.69, 9.17) is 22.1 Å². The molecule has 1 rings (SSSR count). The zero-order chi connectivity index (χ0) is 11.3. The molecule has 0 radical (unpaired) electrons. The van der Waals surface area contributed by atoms with E-state index >= 15 is 0 Å². The fraction of sp³-hybridized carbons (Fsp3) is 0.222. The van der Waals surface area contributed by atoms with Gasteiger partial charge in [-0.25, -0.2) is 14.8 Å². The summed E-state index contributed by atoms with van der Waals surface area (Å²) in [6, 6.07) is 1.49. The molecule has 15 heavy (non-hydrogen) atoms. The van der Waals surface area contributed by atoms with Crippen molar-refractivity contribution >= 4 is 29.6 Å². The Bertz CT molecular complexity index is 373. The van der Waals surface area contributed by atoms with Gasteiger partial charge >= 0.3 is 5.97 Å². The first-order valence-electron chi connectivity index (χ1n) is 4.26. The van der Waals surface area contributed by atoms with Gasteiger partial charge in [-0.1, -0.05) is 11.6 Å². The number of anilines is 1. The van der Waals surface area contributed by atoms with Crippen molar-refractivity contribution < 1.29 is 9.53 Å². The molecule has 0 aliphatic carbocycles. The van der Waals surface area contributed by atoms with Crippen molar-refractivity contribution in [1.82, 2.24) is 9.97 Å². The Labute approximate surface area is 91.9 Å². The third-order valence-electron chi connectivity index (χ3n) is 1.41. The van der Waals surface area contributed by atoms with Gasteiger partial charge in [-0.05, 0) is 13.0 Å². The molecule has 80 valence electrons. The highest BCUT2D eigenvalue weighted by Gasteiger charge is 1.98. The van der Waals surface area contributed by atoms with Crippen LogP contribution in [0.5, 0.6) is 0 Å². The van der Waals surface area contributed by atoms with Crippen molar-refractivity contribution in [3.8, 4) is 0 Å². The van der Waals surface area contributed by atoms with E-state index < -0.39 is 5.97 Å². The fourth-order valence-corrected chi connectivity index (χ4v) is 1.08. The number of halogens is 1. The highest BCUT2D eigenvalue weighted by atomic mass is 35.5. The molecule has 0 aromatic carbocycles. The normalized spacial score (nSPS) is 10.5. The van der Waals surface area contributed by atoms with Crippen molar-refractivity contribution in [3.05, 3.63) is 23.0 Å². The number of hydrogen-bond acceptors (Lipinski definition) is 5. The maximum atomic E-state index is 11.0. The van der Waals surface area contributed by atoms with Gasteiger partial charge in [0.25, 0.3) is 0 Å². The van der Waals surface area contributed by atoms with Crippen LogP contribution in [0.4, 0.5) is 5.95 Å². The van der Waals surface area contributed by atoms with Crippen LogP contribution in [0.2, 0.25) is 5.15 Å². The molecule has 6 heteroatoms. The van der Waals surface area contributed by atoms with Crippen LogP contribution in [0.3, 0.4) is 0 Å². The minimum Gasteiger partial charge on any atom is -0.463 e. The zero-order valence-electron chi connectivity index (χ0n) is 8.11. The molecule has 1 aromatic rings. The SMILES string of the molecule is CCOC(=O)/C=C/c1cc(Cl)nc(N)n1. The van der Waals surface area contributed by atoms with E-state index in [-0.39, 0.29) is 11.1 Å². The average molecular weight is 228 g/mol. The molecule has 1 aromatic heterocycles. The van der Waals surface area contributed by atoms with Gasteiger partial charge in [-0.3, -0.25) is 0 Å². The minimum absolute atomic E-state index is 0.0611. The highest BCUT2D eigenvalue weighted by molar-refractivity contribution is 6.29. The molecule has 0 amide bonds. The number of carbonyl (C=O) groups excluding carboxylic acids is 1. The molecule has 0 bridgehead atoms. The largest absolute Gasteiger partial charge is 0.463 e. The topological polar surface area (TPSA) is 78.1 Å². The number of aromatic nitrogens is 2. The Hall–Kier alpha value is -1.62. The van der Waals surface area contributed by atoms with Crippen LogP contribution in [-0.2, 0) is 9.53 Å². The molecule has 0 atom stereocenters. The summed E-state index contributed by atoms with van der Waals surface area (Å²) in [6.07, 6.45) is 2.71. The lowest BCUT2D eigenvalue weighted by molar-refractivity contribution is -0.137. The van der Waals surface area contributed by atoms with Crippen LogP contribution in [-0.4, -0.2) is 22.5 Å². The van der Waals surface area contributed by atoms with Crippen molar-refractivity contribution in [1.29, 1.82) is 0 Å². The number of nitrogens with zero attached hydrogens (tertiary/aromatic N) is 2. The lowest BCUT2D eigenvalue weighted by Crippen LogP contribution is -2.00. The lowest BCUT2D eigenvalue weighted by Gasteiger charge is -1.97. The number of nitrogen functional groups attached to an aromatic ring is 1. The smallest absolute Gasteiger partial charge is 0.330 e. The number of nitrogens with two attached hydrogens (primary N) is 1. The minimum atomic E-state index is -0.439. The molecule has 2 N–H and O–H groups in total. The van der Waals surface area contributed by atoms with E-state index in [1.54, 1.807) is 6.92 Å². The highest BCUT2D eigenvalue weighted by Crippen LogP contribution is 2.09. The molecule has 0 aliphatic rings. The summed E-state index contributed by atoms with van der Waals surface area (Å²) < 4.78 is 4.69. The number of carbonyl (C=O) groups is 1. The van der Waals surface area contributed by atoms with Gasteiger partial charge in [0, 0.05) is 12.1 Å². The maximum Gasteiger partial charge on any atom is 0.330 e. The summed E-state index contributed by atoms with van der Waals surface area (Å²) in [4.78, 5) is 18.5. The van der Waals surface area contributed by atoms with Gasteiger partial charge in [-0.2, -0.15) is 0 Å². The van der Waals surface area contributed by atoms with Gasteiger partial charge in [0.15, 0.2) is 0 Å². The van der Waals surface area contributed by atoms with Gasteiger partial charge in [-0.15, -0.1) is 0 Å². The Morgan fingerprint density at radius 1 is 1.67 bits per heavy atom. The third-order valence-corrected chi connectivity index (χ3v) is 1.60. The number of rotatable bonds is 3. The molecule has 0 saturated carbocycles. The van der Waals surface area contributed by atoms with E-state index in [1.165, 1.54) is 18.2 Å². The first kappa shape index (κ1) is 11.5. The third kappa shape index (κ3) is 3.95. The maximum absolute atomic E-state index is 11.0. The van der Waals surface area contributed by atoms with Crippen LogP contribution < -0.4 is 5.73 Å². The Morgan fingerprint density at radius 3 is 3.00 bits per heavy atom. The number of hydrogen-bond donors (Lipinski definition) is 1. The van der Waals surface area contributed by atoms with E-state index in [2.05, 4.69) is 9.97 Å². The second kappa shape index (κ2) is 5.31. The van der Waals surface area contributed by atoms with Crippen LogP contribution in [0.25, 0.3) is 6.08 Å². The summed E-state index contributed by atoms with van der Waals surface area (Å²) in [7, 11) is 0. The molecule has 1 heterocycles. The van der Waals surface area contributed by atoms with Crippen molar-refractivity contribution in [2.45, 2.75) is 6.92 Å². The second-order valence-corrected chi connectivity index (χ2v) is 2.95. The quantitative estimate of drug-likeness (QED) is 0.478. The Balaban J connectivity index is 2.76. The van der Waals surface area contributed by atoms with E-state index in [0.29, 0.717) is 12.3 Å². The average Bonchev–Trinajstić information content (AvgIpc) is 2.14. The van der Waals surface area contributed by atoms with Gasteiger partial charge in [0.1, 0.15) is 5.15 Å². The summed E-state index contributed by atoms with van der Waals surface area (Å²) in [5, 5.41) is 0.228. The molecular formula is C9H10ClN3O2. The van der Waals surface area contributed by atoms with Crippen molar-refractivity contribution in [2.24, 2.45) is 0 Å². The molecule has 0 spiro atoms. The first-order chi connectivity index (χ1) is 7.11. The summed E-state index contributed by atoms with van der Waals surface area (Å²) in [5.74, 6) is -0.378. The summed E-state index contributed by atoms with van der Waals surface area (Å²) >= 11 is 5.65. The van der Waals surface area contributed by atoms with Crippen LogP contribution >= 0.6 is 11.6 Å². The predicted molar refractivity (Wildman–Crippen MR) is 57.1 cm³/mol.